The van der Waals surface area contributed by atoms with Gasteiger partial charge in [0.25, 0.3) is 5.91 Å². The van der Waals surface area contributed by atoms with Crippen LogP contribution in [0.25, 0.3) is 16.7 Å². The van der Waals surface area contributed by atoms with Crippen LogP contribution in [0.5, 0.6) is 0 Å². The van der Waals surface area contributed by atoms with E-state index in [1.54, 1.807) is 0 Å². The summed E-state index contributed by atoms with van der Waals surface area (Å²) in [5.41, 5.74) is 11.6. The Kier molecular flexibility index (Phi) is 4.86. The Labute approximate surface area is 191 Å². The van der Waals surface area contributed by atoms with Crippen LogP contribution in [0.4, 0.5) is 11.6 Å². The molecule has 4 heterocycles. The van der Waals surface area contributed by atoms with Crippen LogP contribution >= 0.6 is 0 Å². The van der Waals surface area contributed by atoms with Gasteiger partial charge in [-0.3, -0.25) is 9.20 Å². The van der Waals surface area contributed by atoms with Crippen molar-refractivity contribution in [2.45, 2.75) is 20.8 Å². The number of carbonyl (C=O) groups excluding carboxylic acids is 1. The number of pyridine rings is 1. The van der Waals surface area contributed by atoms with E-state index in [2.05, 4.69) is 36.5 Å². The van der Waals surface area contributed by atoms with Gasteiger partial charge < -0.3 is 15.5 Å². The summed E-state index contributed by atoms with van der Waals surface area (Å²) in [5, 5.41) is 18.3. The number of nitrogens with two attached hydrogens (primary N) is 1. The van der Waals surface area contributed by atoms with Gasteiger partial charge in [0.2, 0.25) is 0 Å². The minimum Gasteiger partial charge on any atom is -0.365 e. The predicted octanol–water partition coefficient (Wildman–Crippen LogP) is 2.50. The number of hydrogen-bond acceptors (Lipinski definition) is 7. The van der Waals surface area contributed by atoms with Crippen molar-refractivity contribution in [3.63, 3.8) is 0 Å². The fraction of sp³-hybridized carbons (Fsp3) is 0.292. The predicted molar refractivity (Wildman–Crippen MR) is 127 cm³/mol. The van der Waals surface area contributed by atoms with Crippen molar-refractivity contribution in [1.29, 1.82) is 5.26 Å². The van der Waals surface area contributed by atoms with Crippen molar-refractivity contribution < 1.29 is 4.79 Å². The molecule has 1 aromatic carbocycles. The van der Waals surface area contributed by atoms with Gasteiger partial charge in [-0.15, -0.1) is 5.10 Å². The summed E-state index contributed by atoms with van der Waals surface area (Å²) in [5.74, 6) is 1.05. The van der Waals surface area contributed by atoms with Crippen LogP contribution in [0, 0.1) is 32.1 Å². The highest BCUT2D eigenvalue weighted by atomic mass is 16.1. The first-order valence-corrected chi connectivity index (χ1v) is 10.8. The van der Waals surface area contributed by atoms with Crippen molar-refractivity contribution in [1.82, 2.24) is 19.6 Å². The van der Waals surface area contributed by atoms with Gasteiger partial charge in [-0.25, -0.2) is 4.98 Å². The summed E-state index contributed by atoms with van der Waals surface area (Å²) >= 11 is 0. The van der Waals surface area contributed by atoms with E-state index in [0.29, 0.717) is 54.5 Å². The van der Waals surface area contributed by atoms with E-state index in [1.807, 2.05) is 45.0 Å². The largest absolute Gasteiger partial charge is 0.365 e. The zero-order chi connectivity index (χ0) is 23.3. The van der Waals surface area contributed by atoms with Gasteiger partial charge in [-0.2, -0.15) is 10.4 Å². The zero-order valence-electron chi connectivity index (χ0n) is 18.8. The Hall–Kier alpha value is -4.19. The van der Waals surface area contributed by atoms with Gasteiger partial charge in [0, 0.05) is 26.2 Å². The number of amides is 1. The van der Waals surface area contributed by atoms with Crippen molar-refractivity contribution in [3.8, 4) is 6.07 Å². The lowest BCUT2D eigenvalue weighted by molar-refractivity contribution is 0.0999. The molecule has 3 aromatic heterocycles. The molecule has 2 N–H and O–H groups in total. The van der Waals surface area contributed by atoms with Crippen LogP contribution in [-0.4, -0.2) is 51.7 Å². The van der Waals surface area contributed by atoms with E-state index in [-0.39, 0.29) is 0 Å². The van der Waals surface area contributed by atoms with Crippen LogP contribution in [0.15, 0.2) is 30.3 Å². The number of imidazole rings is 1. The number of para-hydroxylation sites is 2. The van der Waals surface area contributed by atoms with Gasteiger partial charge in [0.1, 0.15) is 11.9 Å². The van der Waals surface area contributed by atoms with Gasteiger partial charge >= 0.3 is 0 Å². The Morgan fingerprint density at radius 1 is 1.06 bits per heavy atom. The third kappa shape index (κ3) is 3.22. The van der Waals surface area contributed by atoms with Gasteiger partial charge in [0.05, 0.1) is 27.9 Å². The molecule has 0 atom stereocenters. The Bertz CT molecular complexity index is 1460. The maximum absolute atomic E-state index is 12.1. The number of benzene rings is 1. The lowest BCUT2D eigenvalue weighted by Crippen LogP contribution is -2.48. The van der Waals surface area contributed by atoms with Gasteiger partial charge in [0.15, 0.2) is 11.5 Å². The minimum absolute atomic E-state index is 0.438. The minimum atomic E-state index is -0.489. The molecule has 0 aliphatic carbocycles. The third-order valence-corrected chi connectivity index (χ3v) is 6.45. The number of nitriles is 1. The average Bonchev–Trinajstić information content (AvgIpc) is 3.19. The van der Waals surface area contributed by atoms with Gasteiger partial charge in [-0.1, -0.05) is 12.1 Å². The molecule has 0 saturated carbocycles. The molecule has 1 amide bonds. The maximum atomic E-state index is 12.1. The molecule has 0 unspecified atom stereocenters. The quantitative estimate of drug-likeness (QED) is 0.520. The van der Waals surface area contributed by atoms with E-state index in [4.69, 9.17) is 10.7 Å². The zero-order valence-corrected chi connectivity index (χ0v) is 18.8. The van der Waals surface area contributed by atoms with Gasteiger partial charge in [-0.05, 0) is 50.1 Å². The summed E-state index contributed by atoms with van der Waals surface area (Å²) < 4.78 is 2.07. The standard InChI is InChI=1S/C24H24N8O/c1-14-12-20(32-19-7-5-4-6-18(19)27-23(32)17(14)13-25)30-8-10-31(11-9-30)24-21(22(26)33)15(2)16(3)28-29-24/h4-7,12H,8-11H2,1-3H3,(H2,26,33). The summed E-state index contributed by atoms with van der Waals surface area (Å²) in [6.07, 6.45) is 0. The van der Waals surface area contributed by atoms with Crippen LogP contribution in [0.3, 0.4) is 0 Å². The van der Waals surface area contributed by atoms with E-state index in [1.165, 1.54) is 0 Å². The second-order valence-electron chi connectivity index (χ2n) is 8.38. The lowest BCUT2D eigenvalue weighted by atomic mass is 10.1. The van der Waals surface area contributed by atoms with Crippen LogP contribution < -0.4 is 15.5 Å². The fourth-order valence-electron chi connectivity index (χ4n) is 4.56. The molecule has 0 radical (unpaired) electrons. The molecule has 9 heteroatoms. The molecule has 4 aromatic rings. The fourth-order valence-corrected chi connectivity index (χ4v) is 4.56. The van der Waals surface area contributed by atoms with Crippen molar-refractivity contribution in [2.24, 2.45) is 5.73 Å². The Morgan fingerprint density at radius 2 is 1.76 bits per heavy atom. The molecular weight excluding hydrogens is 416 g/mol. The topological polar surface area (TPSA) is 116 Å². The molecule has 1 aliphatic rings. The second kappa shape index (κ2) is 7.74. The molecule has 1 fully saturated rings. The number of hydrogen-bond donors (Lipinski definition) is 1. The molecule has 0 bridgehead atoms. The summed E-state index contributed by atoms with van der Waals surface area (Å²) in [4.78, 5) is 21.2. The molecular formula is C24H24N8O. The number of nitrogens with zero attached hydrogens (tertiary/aromatic N) is 7. The number of rotatable bonds is 3. The molecule has 5 rings (SSSR count). The Balaban J connectivity index is 1.53. The number of aromatic nitrogens is 4. The second-order valence-corrected chi connectivity index (χ2v) is 8.38. The maximum Gasteiger partial charge on any atom is 0.252 e. The number of aryl methyl sites for hydroxylation is 2. The smallest absolute Gasteiger partial charge is 0.252 e. The van der Waals surface area contributed by atoms with E-state index in [9.17, 15) is 10.1 Å². The number of fused-ring (bicyclic) bond motifs is 3. The number of piperazine rings is 1. The monoisotopic (exact) mass is 440 g/mol. The number of carbonyl (C=O) groups is 1. The molecule has 1 aliphatic heterocycles. The number of primary amides is 1. The summed E-state index contributed by atoms with van der Waals surface area (Å²) in [6.45, 7) is 8.35. The summed E-state index contributed by atoms with van der Waals surface area (Å²) in [6, 6.07) is 12.3. The molecule has 166 valence electrons. The van der Waals surface area contributed by atoms with Crippen LogP contribution in [0.2, 0.25) is 0 Å². The van der Waals surface area contributed by atoms with Crippen molar-refractivity contribution in [2.75, 3.05) is 36.0 Å². The average molecular weight is 441 g/mol. The van der Waals surface area contributed by atoms with E-state index in [0.717, 1.165) is 28.0 Å². The van der Waals surface area contributed by atoms with E-state index < -0.39 is 5.91 Å². The molecule has 33 heavy (non-hydrogen) atoms. The first-order valence-electron chi connectivity index (χ1n) is 10.8. The molecule has 9 nitrogen and oxygen atoms in total. The first kappa shape index (κ1) is 20.7. The highest BCUT2D eigenvalue weighted by Crippen LogP contribution is 2.30. The first-order chi connectivity index (χ1) is 15.9. The van der Waals surface area contributed by atoms with Crippen LogP contribution in [0.1, 0.15) is 32.7 Å². The van der Waals surface area contributed by atoms with Crippen LogP contribution in [-0.2, 0) is 0 Å². The molecule has 0 spiro atoms. The van der Waals surface area contributed by atoms with Crippen molar-refractivity contribution in [3.05, 3.63) is 58.3 Å². The third-order valence-electron chi connectivity index (χ3n) is 6.45. The summed E-state index contributed by atoms with van der Waals surface area (Å²) in [7, 11) is 0. The SMILES string of the molecule is Cc1cc(N2CCN(c3nnc(C)c(C)c3C(N)=O)CC2)n2c(nc3ccccc32)c1C#N. The molecule has 1 saturated heterocycles. The van der Waals surface area contributed by atoms with E-state index >= 15 is 0 Å². The lowest BCUT2D eigenvalue weighted by Gasteiger charge is -2.37. The van der Waals surface area contributed by atoms with Crippen molar-refractivity contribution >= 4 is 34.2 Å². The normalized spacial score (nSPS) is 14.1. The Morgan fingerprint density at radius 3 is 2.45 bits per heavy atom. The number of anilines is 2. The highest BCUT2D eigenvalue weighted by Gasteiger charge is 2.27. The highest BCUT2D eigenvalue weighted by molar-refractivity contribution is 5.99.